The van der Waals surface area contributed by atoms with Crippen LogP contribution in [0.1, 0.15) is 17.3 Å². The molecule has 74 valence electrons. The van der Waals surface area contributed by atoms with Crippen LogP contribution in [0.25, 0.3) is 10.8 Å². The van der Waals surface area contributed by atoms with Crippen molar-refractivity contribution in [1.29, 1.82) is 5.26 Å². The van der Waals surface area contributed by atoms with Crippen LogP contribution in [0.5, 0.6) is 0 Å². The van der Waals surface area contributed by atoms with Crippen molar-refractivity contribution >= 4 is 17.1 Å². The normalized spacial score (nSPS) is 8.53. The van der Waals surface area contributed by atoms with Crippen molar-refractivity contribution in [2.24, 2.45) is 0 Å². The molecular weight excluding hydrogens is 186 g/mol. The van der Waals surface area contributed by atoms with Gasteiger partial charge in [0, 0.05) is 12.5 Å². The summed E-state index contributed by atoms with van der Waals surface area (Å²) in [6, 6.07) is 15.3. The number of carbonyl (C=O) groups excluding carboxylic acids is 1. The molecule has 15 heavy (non-hydrogen) atoms. The van der Waals surface area contributed by atoms with E-state index in [-0.39, 0.29) is 0 Å². The highest BCUT2D eigenvalue weighted by molar-refractivity contribution is 5.97. The molecule has 2 aromatic rings. The van der Waals surface area contributed by atoms with Gasteiger partial charge in [0.1, 0.15) is 0 Å². The molecule has 0 aromatic heterocycles. The lowest BCUT2D eigenvalue weighted by molar-refractivity contribution is 0.112. The summed E-state index contributed by atoms with van der Waals surface area (Å²) in [5, 5.41) is 9.46. The molecule has 0 aliphatic carbocycles. The first-order valence-corrected chi connectivity index (χ1v) is 4.57. The molecule has 0 atom stereocenters. The Bertz CT molecular complexity index is 492. The molecule has 2 nitrogen and oxygen atoms in total. The van der Waals surface area contributed by atoms with Crippen LogP contribution in [0, 0.1) is 11.3 Å². The lowest BCUT2D eigenvalue weighted by Crippen LogP contribution is -1.81. The Morgan fingerprint density at radius 2 is 1.73 bits per heavy atom. The highest BCUT2D eigenvalue weighted by atomic mass is 16.1. The Morgan fingerprint density at radius 3 is 2.40 bits per heavy atom. The van der Waals surface area contributed by atoms with Gasteiger partial charge in [-0.25, -0.2) is 0 Å². The number of fused-ring (bicyclic) bond motifs is 1. The monoisotopic (exact) mass is 197 g/mol. The van der Waals surface area contributed by atoms with Gasteiger partial charge >= 0.3 is 0 Å². The molecule has 2 aromatic carbocycles. The van der Waals surface area contributed by atoms with Crippen LogP contribution < -0.4 is 0 Å². The van der Waals surface area contributed by atoms with Crippen molar-refractivity contribution in [1.82, 2.24) is 0 Å². The molecule has 0 aliphatic rings. The van der Waals surface area contributed by atoms with Crippen LogP contribution in [-0.4, -0.2) is 6.29 Å². The SMILES string of the molecule is CC#N.O=Cc1cccc2ccccc12. The van der Waals surface area contributed by atoms with Gasteiger partial charge < -0.3 is 0 Å². The second-order valence-corrected chi connectivity index (χ2v) is 2.91. The third kappa shape index (κ3) is 2.65. The van der Waals surface area contributed by atoms with E-state index in [0.717, 1.165) is 22.6 Å². The number of benzene rings is 2. The van der Waals surface area contributed by atoms with Gasteiger partial charge in [0.25, 0.3) is 0 Å². The van der Waals surface area contributed by atoms with Gasteiger partial charge in [0.2, 0.25) is 0 Å². The summed E-state index contributed by atoms with van der Waals surface area (Å²) in [6.45, 7) is 1.43. The van der Waals surface area contributed by atoms with Gasteiger partial charge in [-0.2, -0.15) is 5.26 Å². The number of nitrogens with zero attached hydrogens (tertiary/aromatic N) is 1. The molecule has 0 N–H and O–H groups in total. The maximum absolute atomic E-state index is 10.6. The molecule has 0 amide bonds. The number of nitriles is 1. The fourth-order valence-corrected chi connectivity index (χ4v) is 1.35. The standard InChI is InChI=1S/C11H8O.C2H3N/c12-8-10-6-3-5-9-4-1-2-7-11(9)10;1-2-3/h1-8H;1H3. The maximum atomic E-state index is 10.6. The predicted octanol–water partition coefficient (Wildman–Crippen LogP) is 3.18. The Hall–Kier alpha value is -2.14. The summed E-state index contributed by atoms with van der Waals surface area (Å²) in [4.78, 5) is 10.6. The number of rotatable bonds is 1. The van der Waals surface area contributed by atoms with Crippen molar-refractivity contribution in [3.05, 3.63) is 48.0 Å². The fraction of sp³-hybridized carbons (Fsp3) is 0.0769. The van der Waals surface area contributed by atoms with Gasteiger partial charge in [0.05, 0.1) is 6.07 Å². The van der Waals surface area contributed by atoms with Crippen LogP contribution >= 0.6 is 0 Å². The number of aldehydes is 1. The number of hydrogen-bond donors (Lipinski definition) is 0. The summed E-state index contributed by atoms with van der Waals surface area (Å²) in [6.07, 6.45) is 0.891. The summed E-state index contributed by atoms with van der Waals surface area (Å²) in [5.41, 5.74) is 0.758. The topological polar surface area (TPSA) is 40.9 Å². The minimum absolute atomic E-state index is 0.758. The van der Waals surface area contributed by atoms with Gasteiger partial charge in [-0.1, -0.05) is 42.5 Å². The molecule has 0 unspecified atom stereocenters. The third-order valence-corrected chi connectivity index (χ3v) is 1.95. The molecule has 0 saturated heterocycles. The van der Waals surface area contributed by atoms with E-state index in [9.17, 15) is 4.79 Å². The molecule has 0 saturated carbocycles. The highest BCUT2D eigenvalue weighted by Crippen LogP contribution is 2.16. The lowest BCUT2D eigenvalue weighted by atomic mass is 10.1. The molecular formula is C13H11NO. The minimum Gasteiger partial charge on any atom is -0.298 e. The smallest absolute Gasteiger partial charge is 0.150 e. The summed E-state index contributed by atoms with van der Waals surface area (Å²) >= 11 is 0. The number of hydrogen-bond acceptors (Lipinski definition) is 2. The van der Waals surface area contributed by atoms with E-state index in [0.29, 0.717) is 0 Å². The van der Waals surface area contributed by atoms with E-state index in [1.54, 1.807) is 6.07 Å². The number of carbonyl (C=O) groups is 1. The Kier molecular flexibility index (Phi) is 4.05. The lowest BCUT2D eigenvalue weighted by Gasteiger charge is -1.98. The highest BCUT2D eigenvalue weighted by Gasteiger charge is 1.96. The van der Waals surface area contributed by atoms with Crippen molar-refractivity contribution < 1.29 is 4.79 Å². The molecule has 0 fully saturated rings. The van der Waals surface area contributed by atoms with E-state index >= 15 is 0 Å². The van der Waals surface area contributed by atoms with Gasteiger partial charge in [-0.3, -0.25) is 4.79 Å². The van der Waals surface area contributed by atoms with E-state index in [4.69, 9.17) is 5.26 Å². The average molecular weight is 197 g/mol. The average Bonchev–Trinajstić information content (AvgIpc) is 2.29. The van der Waals surface area contributed by atoms with E-state index < -0.39 is 0 Å². The Labute approximate surface area is 88.8 Å². The van der Waals surface area contributed by atoms with Crippen LogP contribution in [0.2, 0.25) is 0 Å². The first kappa shape index (κ1) is 10.9. The molecule has 2 rings (SSSR count). The molecule has 0 aliphatic heterocycles. The van der Waals surface area contributed by atoms with Crippen LogP contribution in [0.15, 0.2) is 42.5 Å². The van der Waals surface area contributed by atoms with E-state index in [2.05, 4.69) is 0 Å². The second-order valence-electron chi connectivity index (χ2n) is 2.91. The van der Waals surface area contributed by atoms with E-state index in [1.807, 2.05) is 42.5 Å². The maximum Gasteiger partial charge on any atom is 0.150 e. The largest absolute Gasteiger partial charge is 0.298 e. The predicted molar refractivity (Wildman–Crippen MR) is 60.6 cm³/mol. The molecule has 2 heteroatoms. The van der Waals surface area contributed by atoms with Crippen LogP contribution in [0.4, 0.5) is 0 Å². The van der Waals surface area contributed by atoms with Crippen LogP contribution in [0.3, 0.4) is 0 Å². The zero-order valence-electron chi connectivity index (χ0n) is 8.47. The zero-order chi connectivity index (χ0) is 11.1. The van der Waals surface area contributed by atoms with Crippen molar-refractivity contribution in [3.8, 4) is 6.07 Å². The van der Waals surface area contributed by atoms with Gasteiger partial charge in [-0.05, 0) is 10.8 Å². The Balaban J connectivity index is 0.000000337. The summed E-state index contributed by atoms with van der Waals surface area (Å²) < 4.78 is 0. The van der Waals surface area contributed by atoms with Gasteiger partial charge in [0.15, 0.2) is 6.29 Å². The quantitative estimate of drug-likeness (QED) is 0.659. The molecule has 0 spiro atoms. The Morgan fingerprint density at radius 1 is 1.13 bits per heavy atom. The van der Waals surface area contributed by atoms with E-state index in [1.165, 1.54) is 6.92 Å². The fourth-order valence-electron chi connectivity index (χ4n) is 1.35. The van der Waals surface area contributed by atoms with Crippen molar-refractivity contribution in [2.45, 2.75) is 6.92 Å². The molecule has 0 heterocycles. The van der Waals surface area contributed by atoms with Crippen molar-refractivity contribution in [3.63, 3.8) is 0 Å². The first-order chi connectivity index (χ1) is 7.33. The zero-order valence-corrected chi connectivity index (χ0v) is 8.47. The third-order valence-electron chi connectivity index (χ3n) is 1.95. The summed E-state index contributed by atoms with van der Waals surface area (Å²) in [7, 11) is 0. The second kappa shape index (κ2) is 5.56. The minimum atomic E-state index is 0.758. The van der Waals surface area contributed by atoms with Crippen molar-refractivity contribution in [2.75, 3.05) is 0 Å². The van der Waals surface area contributed by atoms with Gasteiger partial charge in [-0.15, -0.1) is 0 Å². The molecule has 0 bridgehead atoms. The van der Waals surface area contributed by atoms with Crippen LogP contribution in [-0.2, 0) is 0 Å². The molecule has 0 radical (unpaired) electrons. The first-order valence-electron chi connectivity index (χ1n) is 4.57. The summed E-state index contributed by atoms with van der Waals surface area (Å²) in [5.74, 6) is 0.